The van der Waals surface area contributed by atoms with Gasteiger partial charge in [0, 0.05) is 43.8 Å². The Morgan fingerprint density at radius 3 is 1.79 bits per heavy atom. The fourth-order valence-corrected chi connectivity index (χ4v) is 9.78. The Bertz CT molecular complexity index is 3620. The number of benzene rings is 8. The lowest BCUT2D eigenvalue weighted by atomic mass is 9.82. The van der Waals surface area contributed by atoms with Crippen molar-refractivity contribution in [2.24, 2.45) is 0 Å². The molecule has 0 radical (unpaired) electrons. The van der Waals surface area contributed by atoms with Crippen molar-refractivity contribution in [3.8, 4) is 62.5 Å². The summed E-state index contributed by atoms with van der Waals surface area (Å²) in [5.74, 6) is 0.588. The third kappa shape index (κ3) is 5.32. The zero-order valence-corrected chi connectivity index (χ0v) is 33.6. The minimum Gasteiger partial charge on any atom is -0.309 e. The van der Waals surface area contributed by atoms with E-state index in [1.807, 2.05) is 24.3 Å². The highest BCUT2D eigenvalue weighted by Gasteiger charge is 2.35. The fourth-order valence-electron chi connectivity index (χ4n) is 9.78. The summed E-state index contributed by atoms with van der Waals surface area (Å²) in [5, 5.41) is 14.3. The van der Waals surface area contributed by atoms with Crippen LogP contribution >= 0.6 is 0 Å². The van der Waals surface area contributed by atoms with Crippen molar-refractivity contribution >= 4 is 43.6 Å². The minimum absolute atomic E-state index is 0.156. The second kappa shape index (κ2) is 13.2. The second-order valence-electron chi connectivity index (χ2n) is 16.6. The lowest BCUT2D eigenvalue weighted by Gasteiger charge is -2.22. The van der Waals surface area contributed by atoms with Crippen LogP contribution in [0.5, 0.6) is 0 Å². The smallest absolute Gasteiger partial charge is 0.235 e. The van der Waals surface area contributed by atoms with Gasteiger partial charge in [-0.1, -0.05) is 135 Å². The van der Waals surface area contributed by atoms with Crippen LogP contribution in [0.1, 0.15) is 30.5 Å². The number of nitriles is 1. The normalized spacial score (nSPS) is 12.9. The fraction of sp³-hybridized carbons (Fsp3) is 0.0536. The Hall–Kier alpha value is -8.07. The van der Waals surface area contributed by atoms with Crippen molar-refractivity contribution in [1.29, 1.82) is 5.26 Å². The topological polar surface area (TPSA) is 59.4 Å². The number of para-hydroxylation sites is 3. The molecule has 0 N–H and O–H groups in total. The molecule has 11 aromatic rings. The molecule has 5 nitrogen and oxygen atoms in total. The molecule has 3 heterocycles. The zero-order valence-electron chi connectivity index (χ0n) is 33.6. The first-order valence-electron chi connectivity index (χ1n) is 20.7. The third-order valence-electron chi connectivity index (χ3n) is 12.8. The van der Waals surface area contributed by atoms with Crippen LogP contribution in [0.4, 0.5) is 0 Å². The number of hydrogen-bond acceptors (Lipinski definition) is 3. The molecule has 3 aromatic heterocycles. The zero-order chi connectivity index (χ0) is 40.8. The summed E-state index contributed by atoms with van der Waals surface area (Å²) in [6.07, 6.45) is 0. The van der Waals surface area contributed by atoms with Gasteiger partial charge in [-0.15, -0.1) is 0 Å². The minimum atomic E-state index is -0.156. The van der Waals surface area contributed by atoms with Crippen LogP contribution in [0, 0.1) is 11.3 Å². The van der Waals surface area contributed by atoms with E-state index in [2.05, 4.69) is 193 Å². The molecule has 0 bridgehead atoms. The molecule has 286 valence electrons. The molecule has 0 saturated carbocycles. The Morgan fingerprint density at radius 1 is 0.426 bits per heavy atom. The maximum Gasteiger partial charge on any atom is 0.235 e. The molecule has 0 amide bonds. The van der Waals surface area contributed by atoms with Crippen LogP contribution in [-0.2, 0) is 5.41 Å². The molecule has 0 aliphatic heterocycles. The Labute approximate surface area is 353 Å². The first-order chi connectivity index (χ1) is 29.9. The van der Waals surface area contributed by atoms with E-state index in [9.17, 15) is 5.26 Å². The highest BCUT2D eigenvalue weighted by Crippen LogP contribution is 2.49. The van der Waals surface area contributed by atoms with Gasteiger partial charge >= 0.3 is 0 Å². The standard InChI is InChI=1S/C56H37N5/c1-56(2)47-17-9-6-14-41(47)42-27-25-39(31-48(42)56)50-33-49(36-22-20-35(34-57)21-23-36)58-55(59-50)61-52-19-11-7-15-43(52)45-28-24-38(32-54(45)61)37-26-29-53-46(30-37)44-16-8-10-18-51(44)60(53)40-12-4-3-5-13-40/h3-33H,1-2H3. The van der Waals surface area contributed by atoms with E-state index in [-0.39, 0.29) is 5.41 Å². The van der Waals surface area contributed by atoms with E-state index in [1.54, 1.807) is 0 Å². The third-order valence-corrected chi connectivity index (χ3v) is 12.8. The van der Waals surface area contributed by atoms with Crippen LogP contribution in [-0.4, -0.2) is 19.1 Å². The summed E-state index contributed by atoms with van der Waals surface area (Å²) in [4.78, 5) is 10.8. The summed E-state index contributed by atoms with van der Waals surface area (Å²) in [6, 6.07) is 68.9. The van der Waals surface area contributed by atoms with E-state index in [1.165, 1.54) is 44.1 Å². The molecule has 0 saturated heterocycles. The Kier molecular flexibility index (Phi) is 7.57. The van der Waals surface area contributed by atoms with Crippen molar-refractivity contribution in [3.05, 3.63) is 205 Å². The van der Waals surface area contributed by atoms with Crippen LogP contribution in [0.2, 0.25) is 0 Å². The van der Waals surface area contributed by atoms with Gasteiger partial charge in [0.15, 0.2) is 0 Å². The van der Waals surface area contributed by atoms with E-state index >= 15 is 0 Å². The summed E-state index contributed by atoms with van der Waals surface area (Å²) >= 11 is 0. The lowest BCUT2D eigenvalue weighted by Crippen LogP contribution is -2.15. The van der Waals surface area contributed by atoms with E-state index in [0.717, 1.165) is 61.1 Å². The van der Waals surface area contributed by atoms with Crippen LogP contribution in [0.25, 0.3) is 100 Å². The number of hydrogen-bond donors (Lipinski definition) is 0. The predicted molar refractivity (Wildman–Crippen MR) is 249 cm³/mol. The van der Waals surface area contributed by atoms with Gasteiger partial charge in [0.2, 0.25) is 5.95 Å². The first-order valence-corrected chi connectivity index (χ1v) is 20.7. The molecule has 0 unspecified atom stereocenters. The molecule has 8 aromatic carbocycles. The van der Waals surface area contributed by atoms with Gasteiger partial charge in [0.25, 0.3) is 0 Å². The van der Waals surface area contributed by atoms with Gasteiger partial charge in [-0.3, -0.25) is 4.57 Å². The van der Waals surface area contributed by atoms with Crippen molar-refractivity contribution in [2.75, 3.05) is 0 Å². The average molecular weight is 780 g/mol. The number of rotatable bonds is 5. The first kappa shape index (κ1) is 34.9. The molecule has 1 aliphatic rings. The largest absolute Gasteiger partial charge is 0.309 e. The average Bonchev–Trinajstić information content (AvgIpc) is 3.91. The summed E-state index contributed by atoms with van der Waals surface area (Å²) in [7, 11) is 0. The van der Waals surface area contributed by atoms with Gasteiger partial charge < -0.3 is 4.57 Å². The second-order valence-corrected chi connectivity index (χ2v) is 16.6. The summed E-state index contributed by atoms with van der Waals surface area (Å²) in [6.45, 7) is 4.62. The molecule has 0 atom stereocenters. The highest BCUT2D eigenvalue weighted by atomic mass is 15.2. The molecule has 1 aliphatic carbocycles. The predicted octanol–water partition coefficient (Wildman–Crippen LogP) is 13.8. The monoisotopic (exact) mass is 779 g/mol. The molecular formula is C56H37N5. The van der Waals surface area contributed by atoms with Gasteiger partial charge in [0.1, 0.15) is 0 Å². The quantitative estimate of drug-likeness (QED) is 0.175. The van der Waals surface area contributed by atoms with Crippen molar-refractivity contribution in [1.82, 2.24) is 19.1 Å². The molecule has 0 fully saturated rings. The highest BCUT2D eigenvalue weighted by molar-refractivity contribution is 6.12. The maximum atomic E-state index is 9.62. The Balaban J connectivity index is 1.07. The molecule has 5 heteroatoms. The van der Waals surface area contributed by atoms with Gasteiger partial charge in [-0.25, -0.2) is 9.97 Å². The molecular weight excluding hydrogens is 743 g/mol. The van der Waals surface area contributed by atoms with Gasteiger partial charge in [-0.05, 0) is 100 Å². The SMILES string of the molecule is CC1(C)c2ccccc2-c2ccc(-c3cc(-c4ccc(C#N)cc4)nc(-n4c5ccccc5c5ccc(-c6ccc7c(c6)c6ccccc6n7-c6ccccc6)cc54)n3)cc21. The van der Waals surface area contributed by atoms with Crippen LogP contribution in [0.15, 0.2) is 188 Å². The molecule has 12 rings (SSSR count). The Morgan fingerprint density at radius 2 is 1.00 bits per heavy atom. The number of nitrogens with zero attached hydrogens (tertiary/aromatic N) is 5. The van der Waals surface area contributed by atoms with Crippen molar-refractivity contribution in [3.63, 3.8) is 0 Å². The van der Waals surface area contributed by atoms with Crippen LogP contribution < -0.4 is 0 Å². The molecule has 0 spiro atoms. The van der Waals surface area contributed by atoms with Crippen molar-refractivity contribution < 1.29 is 0 Å². The maximum absolute atomic E-state index is 9.62. The van der Waals surface area contributed by atoms with Gasteiger partial charge in [-0.2, -0.15) is 5.26 Å². The summed E-state index contributed by atoms with van der Waals surface area (Å²) < 4.78 is 4.57. The summed E-state index contributed by atoms with van der Waals surface area (Å²) in [5.41, 5.74) is 17.0. The molecule has 61 heavy (non-hydrogen) atoms. The van der Waals surface area contributed by atoms with E-state index < -0.39 is 0 Å². The lowest BCUT2D eigenvalue weighted by molar-refractivity contribution is 0.660. The van der Waals surface area contributed by atoms with Crippen LogP contribution in [0.3, 0.4) is 0 Å². The number of aromatic nitrogens is 4. The van der Waals surface area contributed by atoms with E-state index in [0.29, 0.717) is 11.5 Å². The number of fused-ring (bicyclic) bond motifs is 9. The van der Waals surface area contributed by atoms with Gasteiger partial charge in [0.05, 0.1) is 45.1 Å². The van der Waals surface area contributed by atoms with Crippen molar-refractivity contribution in [2.45, 2.75) is 19.3 Å². The van der Waals surface area contributed by atoms with E-state index in [4.69, 9.17) is 9.97 Å².